The fourth-order valence-electron chi connectivity index (χ4n) is 2.59. The minimum absolute atomic E-state index is 0.000959. The van der Waals surface area contributed by atoms with E-state index in [2.05, 4.69) is 15.2 Å². The largest absolute Gasteiger partial charge is 0.368 e. The number of nitro benzene ring substituents is 1. The molecule has 8 nitrogen and oxygen atoms in total. The predicted molar refractivity (Wildman–Crippen MR) is 90.1 cm³/mol. The zero-order chi connectivity index (χ0) is 16.9. The number of carbonyl (C=O) groups is 1. The van der Waals surface area contributed by atoms with E-state index in [-0.39, 0.29) is 11.7 Å². The number of piperazine rings is 1. The van der Waals surface area contributed by atoms with Gasteiger partial charge in [-0.15, -0.1) is 0 Å². The van der Waals surface area contributed by atoms with Crippen molar-refractivity contribution in [1.29, 1.82) is 0 Å². The van der Waals surface area contributed by atoms with Gasteiger partial charge in [0.2, 0.25) is 0 Å². The third-order valence-corrected chi connectivity index (χ3v) is 3.92. The van der Waals surface area contributed by atoms with Crippen LogP contribution in [-0.4, -0.2) is 47.0 Å². The molecule has 3 rings (SSSR count). The standard InChI is InChI=1S/C16H17N5O3/c22-16(18-13-1-3-15(4-2-13)21(23)24)20-11-9-19(10-12-20)14-5-7-17-8-6-14/h1-8H,9-12H2,(H,18,22). The molecule has 1 aromatic carbocycles. The van der Waals surface area contributed by atoms with Crippen molar-refractivity contribution in [3.05, 3.63) is 58.9 Å². The second-order valence-corrected chi connectivity index (χ2v) is 5.41. The molecule has 1 fully saturated rings. The Bertz CT molecular complexity index is 712. The summed E-state index contributed by atoms with van der Waals surface area (Å²) in [5, 5.41) is 13.4. The van der Waals surface area contributed by atoms with Crippen LogP contribution in [0.4, 0.5) is 21.9 Å². The molecule has 2 amide bonds. The molecule has 0 saturated carbocycles. The number of carbonyl (C=O) groups excluding carboxylic acids is 1. The number of nitrogens with zero attached hydrogens (tertiary/aromatic N) is 4. The number of rotatable bonds is 3. The van der Waals surface area contributed by atoms with Crippen LogP contribution in [0.2, 0.25) is 0 Å². The first-order valence-electron chi connectivity index (χ1n) is 7.59. The van der Waals surface area contributed by atoms with Crippen molar-refractivity contribution in [2.45, 2.75) is 0 Å². The molecule has 0 bridgehead atoms. The van der Waals surface area contributed by atoms with Crippen LogP contribution in [0.5, 0.6) is 0 Å². The van der Waals surface area contributed by atoms with Gasteiger partial charge in [0, 0.05) is 62.1 Å². The Kier molecular flexibility index (Phi) is 4.55. The number of hydrogen-bond acceptors (Lipinski definition) is 5. The van der Waals surface area contributed by atoms with Crippen molar-refractivity contribution >= 4 is 23.1 Å². The zero-order valence-electron chi connectivity index (χ0n) is 13.0. The van der Waals surface area contributed by atoms with E-state index < -0.39 is 4.92 Å². The molecule has 0 radical (unpaired) electrons. The lowest BCUT2D eigenvalue weighted by atomic mass is 10.2. The first-order chi connectivity index (χ1) is 11.6. The Morgan fingerprint density at radius 3 is 2.25 bits per heavy atom. The number of anilines is 2. The van der Waals surface area contributed by atoms with Gasteiger partial charge in [0.25, 0.3) is 5.69 Å². The molecule has 1 aliphatic rings. The van der Waals surface area contributed by atoms with Gasteiger partial charge in [-0.25, -0.2) is 4.79 Å². The van der Waals surface area contributed by atoms with Crippen LogP contribution >= 0.6 is 0 Å². The zero-order valence-corrected chi connectivity index (χ0v) is 13.0. The third-order valence-electron chi connectivity index (χ3n) is 3.92. The van der Waals surface area contributed by atoms with Crippen LogP contribution in [0.25, 0.3) is 0 Å². The van der Waals surface area contributed by atoms with Crippen molar-refractivity contribution in [1.82, 2.24) is 9.88 Å². The van der Waals surface area contributed by atoms with Crippen molar-refractivity contribution in [3.8, 4) is 0 Å². The van der Waals surface area contributed by atoms with E-state index >= 15 is 0 Å². The Morgan fingerprint density at radius 2 is 1.67 bits per heavy atom. The fraction of sp³-hybridized carbons (Fsp3) is 0.250. The van der Waals surface area contributed by atoms with E-state index in [0.717, 1.165) is 18.8 Å². The highest BCUT2D eigenvalue weighted by Crippen LogP contribution is 2.17. The number of nitro groups is 1. The molecular weight excluding hydrogens is 310 g/mol. The first-order valence-corrected chi connectivity index (χ1v) is 7.59. The highest BCUT2D eigenvalue weighted by Gasteiger charge is 2.21. The first kappa shape index (κ1) is 15.7. The number of amides is 2. The maximum Gasteiger partial charge on any atom is 0.321 e. The molecule has 124 valence electrons. The van der Waals surface area contributed by atoms with Crippen LogP contribution in [0.1, 0.15) is 0 Å². The second kappa shape index (κ2) is 6.95. The summed E-state index contributed by atoms with van der Waals surface area (Å²) in [5.41, 5.74) is 1.64. The maximum absolute atomic E-state index is 12.3. The van der Waals surface area contributed by atoms with Gasteiger partial charge in [-0.1, -0.05) is 0 Å². The normalized spacial score (nSPS) is 14.3. The molecule has 24 heavy (non-hydrogen) atoms. The SMILES string of the molecule is O=C(Nc1ccc([N+](=O)[O-])cc1)N1CCN(c2ccncc2)CC1. The molecule has 1 aliphatic heterocycles. The van der Waals surface area contributed by atoms with Crippen LogP contribution in [0.15, 0.2) is 48.8 Å². The van der Waals surface area contributed by atoms with Crippen LogP contribution in [0, 0.1) is 10.1 Å². The van der Waals surface area contributed by atoms with E-state index in [0.29, 0.717) is 18.8 Å². The molecule has 0 unspecified atom stereocenters. The highest BCUT2D eigenvalue weighted by atomic mass is 16.6. The van der Waals surface area contributed by atoms with Crippen LogP contribution in [-0.2, 0) is 0 Å². The van der Waals surface area contributed by atoms with Crippen LogP contribution < -0.4 is 10.2 Å². The maximum atomic E-state index is 12.3. The number of hydrogen-bond donors (Lipinski definition) is 1. The minimum atomic E-state index is -0.468. The average Bonchev–Trinajstić information content (AvgIpc) is 2.63. The van der Waals surface area contributed by atoms with Crippen molar-refractivity contribution in [2.75, 3.05) is 36.4 Å². The van der Waals surface area contributed by atoms with Crippen molar-refractivity contribution in [2.24, 2.45) is 0 Å². The average molecular weight is 327 g/mol. The lowest BCUT2D eigenvalue weighted by Crippen LogP contribution is -2.50. The number of urea groups is 1. The summed E-state index contributed by atoms with van der Waals surface area (Å²) in [4.78, 5) is 30.4. The van der Waals surface area contributed by atoms with E-state index in [1.807, 2.05) is 12.1 Å². The molecule has 0 spiro atoms. The number of aromatic nitrogens is 1. The second-order valence-electron chi connectivity index (χ2n) is 5.41. The molecule has 2 aromatic rings. The van der Waals surface area contributed by atoms with Gasteiger partial charge in [0.05, 0.1) is 4.92 Å². The summed E-state index contributed by atoms with van der Waals surface area (Å²) >= 11 is 0. The Balaban J connectivity index is 1.54. The Hall–Kier alpha value is -3.16. The van der Waals surface area contributed by atoms with Crippen LogP contribution in [0.3, 0.4) is 0 Å². The summed E-state index contributed by atoms with van der Waals surface area (Å²) < 4.78 is 0. The molecular formula is C16H17N5O3. The lowest BCUT2D eigenvalue weighted by molar-refractivity contribution is -0.384. The molecule has 1 saturated heterocycles. The van der Waals surface area contributed by atoms with Crippen molar-refractivity contribution in [3.63, 3.8) is 0 Å². The number of non-ortho nitro benzene ring substituents is 1. The van der Waals surface area contributed by atoms with Gasteiger partial charge in [0.15, 0.2) is 0 Å². The summed E-state index contributed by atoms with van der Waals surface area (Å²) in [6.07, 6.45) is 3.51. The summed E-state index contributed by atoms with van der Waals surface area (Å²) in [7, 11) is 0. The van der Waals surface area contributed by atoms with Gasteiger partial charge in [-0.2, -0.15) is 0 Å². The molecule has 1 aromatic heterocycles. The highest BCUT2D eigenvalue weighted by molar-refractivity contribution is 5.89. The predicted octanol–water partition coefficient (Wildman–Crippen LogP) is 2.34. The monoisotopic (exact) mass is 327 g/mol. The molecule has 2 heterocycles. The van der Waals surface area contributed by atoms with Gasteiger partial charge in [0.1, 0.15) is 0 Å². The van der Waals surface area contributed by atoms with Gasteiger partial charge in [-0.05, 0) is 24.3 Å². The van der Waals surface area contributed by atoms with Crippen molar-refractivity contribution < 1.29 is 9.72 Å². The summed E-state index contributed by atoms with van der Waals surface area (Å²) in [5.74, 6) is 0. The number of pyridine rings is 1. The summed E-state index contributed by atoms with van der Waals surface area (Å²) in [6.45, 7) is 2.72. The van der Waals surface area contributed by atoms with E-state index in [1.165, 1.54) is 24.3 Å². The number of benzene rings is 1. The van der Waals surface area contributed by atoms with Gasteiger partial charge in [-0.3, -0.25) is 15.1 Å². The van der Waals surface area contributed by atoms with Gasteiger partial charge >= 0.3 is 6.03 Å². The Morgan fingerprint density at radius 1 is 1.04 bits per heavy atom. The Labute approximate surface area is 138 Å². The third kappa shape index (κ3) is 3.60. The molecule has 0 atom stereocenters. The molecule has 8 heteroatoms. The lowest BCUT2D eigenvalue weighted by Gasteiger charge is -2.36. The summed E-state index contributed by atoms with van der Waals surface area (Å²) in [6, 6.07) is 9.51. The van der Waals surface area contributed by atoms with E-state index in [9.17, 15) is 14.9 Å². The number of nitrogens with one attached hydrogen (secondary N) is 1. The van der Waals surface area contributed by atoms with E-state index in [4.69, 9.17) is 0 Å². The van der Waals surface area contributed by atoms with Gasteiger partial charge < -0.3 is 15.1 Å². The molecule has 0 aliphatic carbocycles. The molecule has 1 N–H and O–H groups in total. The quantitative estimate of drug-likeness (QED) is 0.690. The van der Waals surface area contributed by atoms with E-state index in [1.54, 1.807) is 17.3 Å². The topological polar surface area (TPSA) is 91.6 Å². The fourth-order valence-corrected chi connectivity index (χ4v) is 2.59. The minimum Gasteiger partial charge on any atom is -0.368 e. The smallest absolute Gasteiger partial charge is 0.321 e.